The number of amides is 1. The molecule has 0 aliphatic carbocycles. The molecular formula is C29H35F3N4O. The Morgan fingerprint density at radius 3 is 2.46 bits per heavy atom. The third-order valence-electron chi connectivity index (χ3n) is 7.28. The molecule has 37 heavy (non-hydrogen) atoms. The normalized spacial score (nSPS) is 16.9. The number of nitrogens with zero attached hydrogens (tertiary/aromatic N) is 3. The molecule has 1 aliphatic heterocycles. The Balaban J connectivity index is 1.70. The third-order valence-corrected chi connectivity index (χ3v) is 7.28. The summed E-state index contributed by atoms with van der Waals surface area (Å²) in [5.74, 6) is -0.0785. The molecule has 2 aromatic carbocycles. The molecule has 0 bridgehead atoms. The summed E-state index contributed by atoms with van der Waals surface area (Å²) >= 11 is 0. The Kier molecular flexibility index (Phi) is 8.37. The lowest BCUT2D eigenvalue weighted by Crippen LogP contribution is -2.45. The number of hydrogen-bond acceptors (Lipinski definition) is 3. The second-order valence-electron chi connectivity index (χ2n) is 9.69. The van der Waals surface area contributed by atoms with Gasteiger partial charge in [0.2, 0.25) is 5.91 Å². The quantitative estimate of drug-likeness (QED) is 0.381. The van der Waals surface area contributed by atoms with Crippen molar-refractivity contribution in [3.63, 3.8) is 0 Å². The van der Waals surface area contributed by atoms with Crippen LogP contribution in [0.3, 0.4) is 0 Å². The molecule has 2 unspecified atom stereocenters. The van der Waals surface area contributed by atoms with Gasteiger partial charge in [0.1, 0.15) is 6.04 Å². The fraction of sp³-hybridized carbons (Fsp3) is 0.448. The van der Waals surface area contributed by atoms with Crippen LogP contribution in [0.15, 0.2) is 54.6 Å². The van der Waals surface area contributed by atoms with Gasteiger partial charge in [-0.15, -0.1) is 0 Å². The second-order valence-corrected chi connectivity index (χ2v) is 9.69. The first-order chi connectivity index (χ1) is 17.7. The van der Waals surface area contributed by atoms with Crippen LogP contribution in [0.2, 0.25) is 0 Å². The number of nitrogens with one attached hydrogen (secondary N) is 1. The van der Waals surface area contributed by atoms with Crippen LogP contribution in [0.4, 0.5) is 13.2 Å². The highest BCUT2D eigenvalue weighted by atomic mass is 19.4. The lowest BCUT2D eigenvalue weighted by molar-refractivity contribution is -0.137. The van der Waals surface area contributed by atoms with Crippen molar-refractivity contribution < 1.29 is 18.0 Å². The standard InChI is InChI=1S/C29H35F3N4O/c1-4-5-18-36-25-17-19-35(27(28(37)33-3)22-9-7-6-8-10-22)24(26(25)20(2)34-36)16-13-21-11-14-23(15-12-21)29(30,31)32/h6-12,14-15,24,27H,4-5,13,16-19H2,1-3H3,(H,33,37). The molecule has 2 atom stereocenters. The van der Waals surface area contributed by atoms with Crippen molar-refractivity contribution in [3.8, 4) is 0 Å². The number of halogens is 3. The molecule has 0 fully saturated rings. The Morgan fingerprint density at radius 2 is 1.84 bits per heavy atom. The molecule has 0 radical (unpaired) electrons. The summed E-state index contributed by atoms with van der Waals surface area (Å²) in [5, 5.41) is 7.71. The van der Waals surface area contributed by atoms with Crippen molar-refractivity contribution in [2.45, 2.75) is 70.8 Å². The number of alkyl halides is 3. The molecule has 3 aromatic rings. The Morgan fingerprint density at radius 1 is 1.14 bits per heavy atom. The fourth-order valence-electron chi connectivity index (χ4n) is 5.44. The summed E-state index contributed by atoms with van der Waals surface area (Å²) in [4.78, 5) is 15.5. The van der Waals surface area contributed by atoms with E-state index in [2.05, 4.69) is 21.8 Å². The minimum Gasteiger partial charge on any atom is -0.358 e. The molecule has 4 rings (SSSR count). The van der Waals surface area contributed by atoms with Gasteiger partial charge in [-0.25, -0.2) is 0 Å². The van der Waals surface area contributed by atoms with E-state index in [9.17, 15) is 18.0 Å². The van der Waals surface area contributed by atoms with Crippen molar-refractivity contribution in [1.82, 2.24) is 20.0 Å². The monoisotopic (exact) mass is 512 g/mol. The summed E-state index contributed by atoms with van der Waals surface area (Å²) in [6, 6.07) is 14.6. The number of aromatic nitrogens is 2. The van der Waals surface area contributed by atoms with E-state index in [-0.39, 0.29) is 11.9 Å². The van der Waals surface area contributed by atoms with E-state index in [0.717, 1.165) is 60.3 Å². The highest BCUT2D eigenvalue weighted by Gasteiger charge is 2.39. The molecule has 5 nitrogen and oxygen atoms in total. The lowest BCUT2D eigenvalue weighted by Gasteiger charge is -2.41. The third kappa shape index (κ3) is 5.90. The number of aryl methyl sites for hydroxylation is 3. The maximum Gasteiger partial charge on any atom is 0.416 e. The van der Waals surface area contributed by atoms with Crippen LogP contribution in [0, 0.1) is 6.92 Å². The van der Waals surface area contributed by atoms with Gasteiger partial charge in [-0.1, -0.05) is 55.8 Å². The first kappa shape index (κ1) is 26.9. The van der Waals surface area contributed by atoms with Crippen LogP contribution in [-0.2, 0) is 30.4 Å². The van der Waals surface area contributed by atoms with Crippen LogP contribution in [0.1, 0.15) is 71.9 Å². The molecular weight excluding hydrogens is 477 g/mol. The van der Waals surface area contributed by atoms with Gasteiger partial charge in [0.05, 0.1) is 11.3 Å². The number of unbranched alkanes of at least 4 members (excludes halogenated alkanes) is 1. The maximum atomic E-state index is 13.2. The number of hydrogen-bond donors (Lipinski definition) is 1. The van der Waals surface area contributed by atoms with Crippen LogP contribution >= 0.6 is 0 Å². The average molecular weight is 513 g/mol. The largest absolute Gasteiger partial charge is 0.416 e. The van der Waals surface area contributed by atoms with Gasteiger partial charge in [0.25, 0.3) is 0 Å². The van der Waals surface area contributed by atoms with Crippen LogP contribution in [0.5, 0.6) is 0 Å². The van der Waals surface area contributed by atoms with Gasteiger partial charge in [-0.3, -0.25) is 14.4 Å². The zero-order chi connectivity index (χ0) is 26.6. The predicted octanol–water partition coefficient (Wildman–Crippen LogP) is 6.03. The average Bonchev–Trinajstić information content (AvgIpc) is 3.22. The number of benzene rings is 2. The van der Waals surface area contributed by atoms with Gasteiger partial charge in [0.15, 0.2) is 0 Å². The minimum atomic E-state index is -4.35. The fourth-order valence-corrected chi connectivity index (χ4v) is 5.44. The Hall–Kier alpha value is -3.13. The van der Waals surface area contributed by atoms with Gasteiger partial charge in [-0.2, -0.15) is 18.3 Å². The Labute approximate surface area is 216 Å². The Bertz CT molecular complexity index is 1190. The SMILES string of the molecule is CCCCn1nc(C)c2c1CCN(C(C(=O)NC)c1ccccc1)C2CCc1ccc(C(F)(F)F)cc1. The van der Waals surface area contributed by atoms with E-state index in [0.29, 0.717) is 19.4 Å². The summed E-state index contributed by atoms with van der Waals surface area (Å²) in [5.41, 5.74) is 4.43. The first-order valence-corrected chi connectivity index (χ1v) is 13.0. The first-order valence-electron chi connectivity index (χ1n) is 13.0. The summed E-state index contributed by atoms with van der Waals surface area (Å²) < 4.78 is 41.3. The smallest absolute Gasteiger partial charge is 0.358 e. The van der Waals surface area contributed by atoms with E-state index in [4.69, 9.17) is 5.10 Å². The second kappa shape index (κ2) is 11.5. The van der Waals surface area contributed by atoms with Gasteiger partial charge >= 0.3 is 6.18 Å². The summed E-state index contributed by atoms with van der Waals surface area (Å²) in [6.07, 6.45) is -0.194. The predicted molar refractivity (Wildman–Crippen MR) is 138 cm³/mol. The van der Waals surface area contributed by atoms with Crippen molar-refractivity contribution in [1.29, 1.82) is 0 Å². The zero-order valence-electron chi connectivity index (χ0n) is 21.7. The van der Waals surface area contributed by atoms with E-state index in [1.165, 1.54) is 5.69 Å². The topological polar surface area (TPSA) is 50.2 Å². The van der Waals surface area contributed by atoms with Crippen molar-refractivity contribution in [2.24, 2.45) is 0 Å². The molecule has 1 amide bonds. The van der Waals surface area contributed by atoms with Gasteiger partial charge in [-0.05, 0) is 49.4 Å². The van der Waals surface area contributed by atoms with E-state index in [1.807, 2.05) is 37.3 Å². The molecule has 198 valence electrons. The zero-order valence-corrected chi connectivity index (χ0v) is 21.7. The van der Waals surface area contributed by atoms with Crippen LogP contribution in [0.25, 0.3) is 0 Å². The number of carbonyl (C=O) groups excluding carboxylic acids is 1. The van der Waals surface area contributed by atoms with E-state index < -0.39 is 17.8 Å². The van der Waals surface area contributed by atoms with Crippen LogP contribution < -0.4 is 5.32 Å². The van der Waals surface area contributed by atoms with Gasteiger partial charge < -0.3 is 5.32 Å². The summed E-state index contributed by atoms with van der Waals surface area (Å²) in [7, 11) is 1.65. The number of fused-ring (bicyclic) bond motifs is 1. The minimum absolute atomic E-state index is 0.0785. The van der Waals surface area contributed by atoms with Gasteiger partial charge in [0, 0.05) is 43.9 Å². The number of likely N-dealkylation sites (N-methyl/N-ethyl adjacent to an activating group) is 1. The molecule has 1 aliphatic rings. The molecule has 0 saturated carbocycles. The summed E-state index contributed by atoms with van der Waals surface area (Å²) in [6.45, 7) is 5.73. The number of rotatable bonds is 9. The van der Waals surface area contributed by atoms with E-state index >= 15 is 0 Å². The van der Waals surface area contributed by atoms with Crippen molar-refractivity contribution >= 4 is 5.91 Å². The number of carbonyl (C=O) groups is 1. The molecule has 0 saturated heterocycles. The maximum absolute atomic E-state index is 13.2. The molecule has 0 spiro atoms. The lowest BCUT2D eigenvalue weighted by atomic mass is 9.88. The van der Waals surface area contributed by atoms with Crippen molar-refractivity contribution in [2.75, 3.05) is 13.6 Å². The molecule has 8 heteroatoms. The molecule has 1 N–H and O–H groups in total. The van der Waals surface area contributed by atoms with E-state index in [1.54, 1.807) is 19.2 Å². The molecule has 2 heterocycles. The highest BCUT2D eigenvalue weighted by Crippen LogP contribution is 2.41. The van der Waals surface area contributed by atoms with Crippen molar-refractivity contribution in [3.05, 3.63) is 88.2 Å². The highest BCUT2D eigenvalue weighted by molar-refractivity contribution is 5.83. The molecule has 1 aromatic heterocycles. The van der Waals surface area contributed by atoms with Crippen LogP contribution in [-0.4, -0.2) is 34.2 Å².